The Labute approximate surface area is 124 Å². The van der Waals surface area contributed by atoms with Crippen LogP contribution in [0.15, 0.2) is 0 Å². The van der Waals surface area contributed by atoms with E-state index >= 15 is 0 Å². The molecule has 20 heavy (non-hydrogen) atoms. The third-order valence-electron chi connectivity index (χ3n) is 3.69. The first-order chi connectivity index (χ1) is 9.47. The molecule has 1 rings (SSSR count). The van der Waals surface area contributed by atoms with E-state index in [2.05, 4.69) is 30.8 Å². The van der Waals surface area contributed by atoms with Crippen LogP contribution in [0.2, 0.25) is 0 Å². The van der Waals surface area contributed by atoms with Crippen molar-refractivity contribution in [3.63, 3.8) is 0 Å². The first-order valence-electron chi connectivity index (χ1n) is 7.94. The van der Waals surface area contributed by atoms with Gasteiger partial charge >= 0.3 is 0 Å². The van der Waals surface area contributed by atoms with E-state index in [9.17, 15) is 8.42 Å². The van der Waals surface area contributed by atoms with Crippen LogP contribution < -0.4 is 10.0 Å². The number of hydrogen-bond donors (Lipinski definition) is 2. The fourth-order valence-corrected chi connectivity index (χ4v) is 3.98. The van der Waals surface area contributed by atoms with Crippen molar-refractivity contribution in [3.8, 4) is 0 Å². The number of nitrogens with one attached hydrogen (secondary N) is 2. The van der Waals surface area contributed by atoms with Crippen LogP contribution in [0.1, 0.15) is 52.9 Å². The number of nitrogens with zero attached hydrogens (tertiary/aromatic N) is 1. The zero-order chi connectivity index (χ0) is 15.0. The zero-order valence-corrected chi connectivity index (χ0v) is 14.0. The molecule has 1 fully saturated rings. The van der Waals surface area contributed by atoms with E-state index in [0.29, 0.717) is 19.0 Å². The van der Waals surface area contributed by atoms with Gasteiger partial charge in [-0.2, -0.15) is 12.7 Å². The first-order valence-corrected chi connectivity index (χ1v) is 9.38. The lowest BCUT2D eigenvalue weighted by atomic mass is 10.1. The summed E-state index contributed by atoms with van der Waals surface area (Å²) in [7, 11) is -3.32. The molecule has 0 saturated carbocycles. The average Bonchev–Trinajstić information content (AvgIpc) is 2.39. The van der Waals surface area contributed by atoms with Gasteiger partial charge in [-0.15, -0.1) is 0 Å². The lowest BCUT2D eigenvalue weighted by molar-refractivity contribution is 0.243. The summed E-state index contributed by atoms with van der Waals surface area (Å²) in [6.07, 6.45) is 5.01. The molecule has 1 atom stereocenters. The summed E-state index contributed by atoms with van der Waals surface area (Å²) in [6.45, 7) is 9.22. The quantitative estimate of drug-likeness (QED) is 0.638. The van der Waals surface area contributed by atoms with E-state index in [0.717, 1.165) is 45.2 Å². The SMILES string of the molecule is CCCNCC1CCCCN1S(=O)(=O)NCCC(C)C. The minimum absolute atomic E-state index is 0.104. The van der Waals surface area contributed by atoms with Crippen LogP contribution in [0.5, 0.6) is 0 Å². The Hall–Kier alpha value is -0.170. The highest BCUT2D eigenvalue weighted by atomic mass is 32.2. The van der Waals surface area contributed by atoms with E-state index in [4.69, 9.17) is 0 Å². The Morgan fingerprint density at radius 2 is 2.00 bits per heavy atom. The van der Waals surface area contributed by atoms with E-state index in [-0.39, 0.29) is 6.04 Å². The topological polar surface area (TPSA) is 61.4 Å². The first kappa shape index (κ1) is 17.9. The van der Waals surface area contributed by atoms with Crippen LogP contribution >= 0.6 is 0 Å². The lowest BCUT2D eigenvalue weighted by Gasteiger charge is -2.34. The molecule has 5 nitrogen and oxygen atoms in total. The smallest absolute Gasteiger partial charge is 0.279 e. The molecule has 0 aliphatic carbocycles. The predicted octanol–water partition coefficient (Wildman–Crippen LogP) is 1.72. The van der Waals surface area contributed by atoms with Gasteiger partial charge in [-0.1, -0.05) is 27.2 Å². The normalized spacial score (nSPS) is 21.5. The van der Waals surface area contributed by atoms with Gasteiger partial charge in [0.25, 0.3) is 10.2 Å². The van der Waals surface area contributed by atoms with Crippen molar-refractivity contribution in [2.75, 3.05) is 26.2 Å². The third-order valence-corrected chi connectivity index (χ3v) is 5.36. The lowest BCUT2D eigenvalue weighted by Crippen LogP contribution is -2.52. The molecule has 0 aromatic carbocycles. The fourth-order valence-electron chi connectivity index (χ4n) is 2.50. The van der Waals surface area contributed by atoms with Crippen molar-refractivity contribution in [1.29, 1.82) is 0 Å². The molecule has 1 unspecified atom stereocenters. The Morgan fingerprint density at radius 1 is 1.25 bits per heavy atom. The standard InChI is InChI=1S/C14H31N3O2S/c1-4-9-15-12-14-7-5-6-11-17(14)20(18,19)16-10-8-13(2)3/h13-16H,4-12H2,1-3H3. The van der Waals surface area contributed by atoms with E-state index in [1.54, 1.807) is 4.31 Å². The fraction of sp³-hybridized carbons (Fsp3) is 1.00. The second kappa shape index (κ2) is 8.97. The molecule has 0 radical (unpaired) electrons. The highest BCUT2D eigenvalue weighted by molar-refractivity contribution is 7.87. The number of rotatable bonds is 9. The van der Waals surface area contributed by atoms with Crippen LogP contribution in [-0.2, 0) is 10.2 Å². The van der Waals surface area contributed by atoms with Gasteiger partial charge in [0.2, 0.25) is 0 Å². The maximum atomic E-state index is 12.4. The molecule has 2 N–H and O–H groups in total. The summed E-state index contributed by atoms with van der Waals surface area (Å²) in [4.78, 5) is 0. The van der Waals surface area contributed by atoms with Crippen LogP contribution in [0, 0.1) is 5.92 Å². The Kier molecular flexibility index (Phi) is 8.02. The predicted molar refractivity (Wildman–Crippen MR) is 83.9 cm³/mol. The molecule has 0 bridgehead atoms. The largest absolute Gasteiger partial charge is 0.315 e. The average molecular weight is 305 g/mol. The van der Waals surface area contributed by atoms with Gasteiger partial charge in [0.05, 0.1) is 0 Å². The summed E-state index contributed by atoms with van der Waals surface area (Å²) in [5.41, 5.74) is 0. The van der Waals surface area contributed by atoms with Crippen LogP contribution in [0.3, 0.4) is 0 Å². The second-order valence-electron chi connectivity index (χ2n) is 6.05. The van der Waals surface area contributed by atoms with Crippen LogP contribution in [0.4, 0.5) is 0 Å². The molecule has 1 heterocycles. The van der Waals surface area contributed by atoms with Crippen LogP contribution in [-0.4, -0.2) is 44.9 Å². The number of piperidine rings is 1. The van der Waals surface area contributed by atoms with Gasteiger partial charge in [0.15, 0.2) is 0 Å². The van der Waals surface area contributed by atoms with Crippen molar-refractivity contribution >= 4 is 10.2 Å². The highest BCUT2D eigenvalue weighted by Crippen LogP contribution is 2.19. The molecule has 1 aliphatic heterocycles. The minimum atomic E-state index is -3.32. The van der Waals surface area contributed by atoms with Gasteiger partial charge in [-0.05, 0) is 38.1 Å². The summed E-state index contributed by atoms with van der Waals surface area (Å²) in [5, 5.41) is 3.35. The zero-order valence-electron chi connectivity index (χ0n) is 13.2. The number of hydrogen-bond acceptors (Lipinski definition) is 3. The Bertz CT molecular complexity index is 357. The summed E-state index contributed by atoms with van der Waals surface area (Å²) >= 11 is 0. The monoisotopic (exact) mass is 305 g/mol. The Morgan fingerprint density at radius 3 is 2.65 bits per heavy atom. The van der Waals surface area contributed by atoms with Crippen LogP contribution in [0.25, 0.3) is 0 Å². The van der Waals surface area contributed by atoms with Gasteiger partial charge in [0.1, 0.15) is 0 Å². The summed E-state index contributed by atoms with van der Waals surface area (Å²) in [6, 6.07) is 0.104. The van der Waals surface area contributed by atoms with Gasteiger partial charge in [-0.3, -0.25) is 0 Å². The molecule has 120 valence electrons. The maximum Gasteiger partial charge on any atom is 0.279 e. The Balaban J connectivity index is 2.53. The van der Waals surface area contributed by atoms with E-state index < -0.39 is 10.2 Å². The highest BCUT2D eigenvalue weighted by Gasteiger charge is 2.31. The molecule has 0 spiro atoms. The molecule has 0 amide bonds. The van der Waals surface area contributed by atoms with Crippen molar-refractivity contribution in [1.82, 2.24) is 14.3 Å². The molecule has 1 saturated heterocycles. The van der Waals surface area contributed by atoms with Crippen molar-refractivity contribution < 1.29 is 8.42 Å². The summed E-state index contributed by atoms with van der Waals surface area (Å²) < 4.78 is 29.2. The van der Waals surface area contributed by atoms with E-state index in [1.165, 1.54) is 0 Å². The van der Waals surface area contributed by atoms with Gasteiger partial charge in [-0.25, -0.2) is 4.72 Å². The molecule has 1 aliphatic rings. The van der Waals surface area contributed by atoms with E-state index in [1.807, 2.05) is 0 Å². The van der Waals surface area contributed by atoms with Crippen molar-refractivity contribution in [3.05, 3.63) is 0 Å². The van der Waals surface area contributed by atoms with Crippen molar-refractivity contribution in [2.45, 2.75) is 58.9 Å². The van der Waals surface area contributed by atoms with Gasteiger partial charge in [0, 0.05) is 25.7 Å². The molecular formula is C14H31N3O2S. The maximum absolute atomic E-state index is 12.4. The molecule has 0 aromatic rings. The summed E-state index contributed by atoms with van der Waals surface area (Å²) in [5.74, 6) is 0.515. The minimum Gasteiger partial charge on any atom is -0.315 e. The van der Waals surface area contributed by atoms with Gasteiger partial charge < -0.3 is 5.32 Å². The molecule has 6 heteroatoms. The molecular weight excluding hydrogens is 274 g/mol. The third kappa shape index (κ3) is 6.08. The van der Waals surface area contributed by atoms with Crippen molar-refractivity contribution in [2.24, 2.45) is 5.92 Å². The second-order valence-corrected chi connectivity index (χ2v) is 7.75. The molecule has 0 aromatic heterocycles.